The van der Waals surface area contributed by atoms with Crippen molar-refractivity contribution in [2.24, 2.45) is 0 Å². The van der Waals surface area contributed by atoms with Crippen molar-refractivity contribution in [2.45, 2.75) is 6.54 Å². The van der Waals surface area contributed by atoms with Crippen LogP contribution in [0.2, 0.25) is 0 Å². The molecule has 0 spiro atoms. The number of nitrogens with zero attached hydrogens (tertiary/aromatic N) is 1. The molecule has 5 heteroatoms. The Morgan fingerprint density at radius 3 is 3.06 bits per heavy atom. The smallest absolute Gasteiger partial charge is 0.132 e. The Labute approximate surface area is 101 Å². The highest BCUT2D eigenvalue weighted by Gasteiger charge is 2.12. The van der Waals surface area contributed by atoms with Crippen molar-refractivity contribution < 1.29 is 4.39 Å². The topological polar surface area (TPSA) is 40.7 Å². The Balaban J connectivity index is 2.49. The molecule has 1 heterocycles. The highest BCUT2D eigenvalue weighted by Crippen LogP contribution is 2.26. The molecular weight excluding hydrogens is 273 g/mol. The summed E-state index contributed by atoms with van der Waals surface area (Å²) >= 11 is 3.33. The molecule has 0 saturated carbocycles. The van der Waals surface area contributed by atoms with Crippen molar-refractivity contribution in [3.8, 4) is 11.3 Å². The van der Waals surface area contributed by atoms with Gasteiger partial charge in [0, 0.05) is 16.6 Å². The molecular formula is C11H11BrFN3. The summed E-state index contributed by atoms with van der Waals surface area (Å²) in [5, 5.41) is 3.01. The number of nitrogens with one attached hydrogen (secondary N) is 2. The van der Waals surface area contributed by atoms with Gasteiger partial charge in [-0.2, -0.15) is 0 Å². The highest BCUT2D eigenvalue weighted by atomic mass is 79.9. The number of aromatic amines is 1. The fraction of sp³-hybridized carbons (Fsp3) is 0.182. The molecule has 0 saturated heterocycles. The summed E-state index contributed by atoms with van der Waals surface area (Å²) in [6.07, 6.45) is 1.57. The third-order valence-corrected chi connectivity index (χ3v) is 2.75. The van der Waals surface area contributed by atoms with Gasteiger partial charge in [-0.25, -0.2) is 9.37 Å². The van der Waals surface area contributed by atoms with Gasteiger partial charge in [-0.15, -0.1) is 0 Å². The van der Waals surface area contributed by atoms with Crippen molar-refractivity contribution in [1.29, 1.82) is 0 Å². The average molecular weight is 284 g/mol. The first-order chi connectivity index (χ1) is 7.72. The largest absolute Gasteiger partial charge is 0.347 e. The zero-order valence-electron chi connectivity index (χ0n) is 8.72. The lowest BCUT2D eigenvalue weighted by Crippen LogP contribution is -2.06. The maximum atomic E-state index is 13.7. The number of rotatable bonds is 3. The molecule has 2 aromatic rings. The molecule has 1 aromatic carbocycles. The fourth-order valence-electron chi connectivity index (χ4n) is 1.54. The highest BCUT2D eigenvalue weighted by molar-refractivity contribution is 9.10. The second-order valence-corrected chi connectivity index (χ2v) is 4.30. The third kappa shape index (κ3) is 2.15. The maximum Gasteiger partial charge on any atom is 0.132 e. The second kappa shape index (κ2) is 4.76. The van der Waals surface area contributed by atoms with E-state index in [1.807, 2.05) is 7.05 Å². The van der Waals surface area contributed by atoms with E-state index in [2.05, 4.69) is 31.2 Å². The van der Waals surface area contributed by atoms with Crippen LogP contribution in [-0.4, -0.2) is 17.0 Å². The predicted molar refractivity (Wildman–Crippen MR) is 64.4 cm³/mol. The van der Waals surface area contributed by atoms with Gasteiger partial charge in [0.25, 0.3) is 0 Å². The van der Waals surface area contributed by atoms with E-state index in [0.29, 0.717) is 17.8 Å². The van der Waals surface area contributed by atoms with E-state index in [4.69, 9.17) is 0 Å². The number of imidazole rings is 1. The first-order valence-electron chi connectivity index (χ1n) is 4.84. The van der Waals surface area contributed by atoms with Gasteiger partial charge in [0.05, 0.1) is 17.7 Å². The van der Waals surface area contributed by atoms with Crippen LogP contribution in [0.5, 0.6) is 0 Å². The molecule has 2 rings (SSSR count). The lowest BCUT2D eigenvalue weighted by Gasteiger charge is -2.04. The van der Waals surface area contributed by atoms with Crippen molar-refractivity contribution in [3.05, 3.63) is 40.5 Å². The van der Waals surface area contributed by atoms with Crippen molar-refractivity contribution in [1.82, 2.24) is 15.3 Å². The van der Waals surface area contributed by atoms with Gasteiger partial charge in [0.15, 0.2) is 0 Å². The third-order valence-electron chi connectivity index (χ3n) is 2.26. The van der Waals surface area contributed by atoms with Crippen molar-refractivity contribution in [3.63, 3.8) is 0 Å². The molecule has 0 atom stereocenters. The Morgan fingerprint density at radius 2 is 2.31 bits per heavy atom. The Morgan fingerprint density at radius 1 is 1.50 bits per heavy atom. The lowest BCUT2D eigenvalue weighted by atomic mass is 10.1. The van der Waals surface area contributed by atoms with Gasteiger partial charge in [-0.05, 0) is 25.2 Å². The van der Waals surface area contributed by atoms with Gasteiger partial charge in [0.2, 0.25) is 0 Å². The normalized spacial score (nSPS) is 10.7. The summed E-state index contributed by atoms with van der Waals surface area (Å²) in [5.74, 6) is -0.271. The molecule has 0 aliphatic heterocycles. The molecule has 1 aromatic heterocycles. The zero-order chi connectivity index (χ0) is 11.5. The van der Waals surface area contributed by atoms with Gasteiger partial charge in [0.1, 0.15) is 5.82 Å². The van der Waals surface area contributed by atoms with E-state index in [9.17, 15) is 4.39 Å². The van der Waals surface area contributed by atoms with Crippen LogP contribution < -0.4 is 5.32 Å². The summed E-state index contributed by atoms with van der Waals surface area (Å²) in [5.41, 5.74) is 2.02. The first kappa shape index (κ1) is 11.3. The molecule has 3 nitrogen and oxygen atoms in total. The zero-order valence-corrected chi connectivity index (χ0v) is 10.3. The molecule has 0 unspecified atom stereocenters. The molecule has 84 valence electrons. The summed E-state index contributed by atoms with van der Waals surface area (Å²) in [6.45, 7) is 0.626. The lowest BCUT2D eigenvalue weighted by molar-refractivity contribution is 0.630. The number of benzene rings is 1. The molecule has 0 aliphatic carbocycles. The molecule has 16 heavy (non-hydrogen) atoms. The van der Waals surface area contributed by atoms with Gasteiger partial charge >= 0.3 is 0 Å². The number of hydrogen-bond acceptors (Lipinski definition) is 2. The van der Waals surface area contributed by atoms with E-state index in [0.717, 1.165) is 10.2 Å². The Kier molecular flexibility index (Phi) is 3.36. The molecule has 2 N–H and O–H groups in total. The van der Waals surface area contributed by atoms with E-state index >= 15 is 0 Å². The van der Waals surface area contributed by atoms with Crippen LogP contribution in [0.3, 0.4) is 0 Å². The van der Waals surface area contributed by atoms with Crippen LogP contribution >= 0.6 is 15.9 Å². The minimum absolute atomic E-state index is 0.271. The molecule has 0 radical (unpaired) electrons. The van der Waals surface area contributed by atoms with Crippen LogP contribution in [0.15, 0.2) is 29.0 Å². The van der Waals surface area contributed by atoms with Gasteiger partial charge in [-0.1, -0.05) is 15.9 Å². The van der Waals surface area contributed by atoms with Crippen LogP contribution in [0, 0.1) is 5.82 Å². The maximum absolute atomic E-state index is 13.7. The van der Waals surface area contributed by atoms with E-state index in [1.54, 1.807) is 18.5 Å². The Bertz CT molecular complexity index is 496. The standard InChI is InChI=1S/C11H11BrFN3/c1-14-5-10-11(16-6-15-10)8-4-7(12)2-3-9(8)13/h2-4,6,14H,5H2,1H3,(H,15,16). The molecule has 0 fully saturated rings. The number of hydrogen-bond donors (Lipinski definition) is 2. The summed E-state index contributed by atoms with van der Waals surface area (Å²) in [7, 11) is 1.84. The number of aromatic nitrogens is 2. The molecule has 0 amide bonds. The van der Waals surface area contributed by atoms with E-state index in [1.165, 1.54) is 6.07 Å². The molecule has 0 aliphatic rings. The minimum atomic E-state index is -0.271. The average Bonchev–Trinajstić information content (AvgIpc) is 2.70. The van der Waals surface area contributed by atoms with Crippen LogP contribution in [0.4, 0.5) is 4.39 Å². The summed E-state index contributed by atoms with van der Waals surface area (Å²) < 4.78 is 14.5. The molecule has 0 bridgehead atoms. The van der Waals surface area contributed by atoms with E-state index < -0.39 is 0 Å². The van der Waals surface area contributed by atoms with Gasteiger partial charge in [-0.3, -0.25) is 0 Å². The van der Waals surface area contributed by atoms with Crippen molar-refractivity contribution in [2.75, 3.05) is 7.05 Å². The number of H-pyrrole nitrogens is 1. The van der Waals surface area contributed by atoms with Gasteiger partial charge < -0.3 is 10.3 Å². The fourth-order valence-corrected chi connectivity index (χ4v) is 1.90. The number of halogens is 2. The first-order valence-corrected chi connectivity index (χ1v) is 5.64. The SMILES string of the molecule is CNCc1[nH]cnc1-c1cc(Br)ccc1F. The van der Waals surface area contributed by atoms with Crippen LogP contribution in [0.25, 0.3) is 11.3 Å². The predicted octanol–water partition coefficient (Wildman–Crippen LogP) is 2.70. The Hall–Kier alpha value is -1.20. The summed E-state index contributed by atoms with van der Waals surface area (Å²) in [6, 6.07) is 4.82. The second-order valence-electron chi connectivity index (χ2n) is 3.38. The quantitative estimate of drug-likeness (QED) is 0.909. The van der Waals surface area contributed by atoms with E-state index in [-0.39, 0.29) is 5.82 Å². The van der Waals surface area contributed by atoms with Crippen molar-refractivity contribution >= 4 is 15.9 Å². The van der Waals surface area contributed by atoms with Crippen LogP contribution in [-0.2, 0) is 6.54 Å². The monoisotopic (exact) mass is 283 g/mol. The van der Waals surface area contributed by atoms with Crippen LogP contribution in [0.1, 0.15) is 5.69 Å². The minimum Gasteiger partial charge on any atom is -0.347 e. The summed E-state index contributed by atoms with van der Waals surface area (Å²) in [4.78, 5) is 7.15.